The molecule has 4 nitrogen and oxygen atoms in total. The highest BCUT2D eigenvalue weighted by Crippen LogP contribution is 2.25. The molecule has 0 radical (unpaired) electrons. The number of nitrogens with one attached hydrogen (secondary N) is 1. The van der Waals surface area contributed by atoms with E-state index in [-0.39, 0.29) is 12.5 Å². The fraction of sp³-hybridized carbons (Fsp3) is 0.222. The summed E-state index contributed by atoms with van der Waals surface area (Å²) in [7, 11) is 0. The predicted molar refractivity (Wildman–Crippen MR) is 93.3 cm³/mol. The number of nitrogens with zero attached hydrogens (tertiary/aromatic N) is 1. The Bertz CT molecular complexity index is 742. The fourth-order valence-corrected chi connectivity index (χ4v) is 2.26. The maximum absolute atomic E-state index is 11.8. The van der Waals surface area contributed by atoms with Crippen molar-refractivity contribution in [2.45, 2.75) is 20.8 Å². The Hall–Kier alpha value is -2.33. The number of benzene rings is 2. The Morgan fingerprint density at radius 1 is 1.17 bits per heavy atom. The van der Waals surface area contributed by atoms with E-state index in [1.807, 2.05) is 51.1 Å². The molecule has 0 aliphatic carbocycles. The van der Waals surface area contributed by atoms with E-state index in [1.165, 1.54) is 6.21 Å². The van der Waals surface area contributed by atoms with Gasteiger partial charge in [0.05, 0.1) is 6.21 Å². The number of carbonyl (C=O) groups excluding carboxylic acids is 1. The highest BCUT2D eigenvalue weighted by atomic mass is 35.5. The SMILES string of the molecule is Cc1ccc(C)c(OCC(=O)N/N=C/c2ccccc2Cl)c1C. The first-order valence-corrected chi connectivity index (χ1v) is 7.63. The molecule has 2 aromatic rings. The van der Waals surface area contributed by atoms with Crippen LogP contribution in [0.25, 0.3) is 0 Å². The highest BCUT2D eigenvalue weighted by Gasteiger charge is 2.08. The van der Waals surface area contributed by atoms with Gasteiger partial charge in [0.15, 0.2) is 6.61 Å². The number of rotatable bonds is 5. The lowest BCUT2D eigenvalue weighted by atomic mass is 10.1. The number of aryl methyl sites for hydroxylation is 2. The highest BCUT2D eigenvalue weighted by molar-refractivity contribution is 6.33. The van der Waals surface area contributed by atoms with E-state index in [4.69, 9.17) is 16.3 Å². The summed E-state index contributed by atoms with van der Waals surface area (Å²) < 4.78 is 5.62. The summed E-state index contributed by atoms with van der Waals surface area (Å²) in [6, 6.07) is 11.3. The lowest BCUT2D eigenvalue weighted by Gasteiger charge is -2.13. The van der Waals surface area contributed by atoms with Gasteiger partial charge in [0, 0.05) is 10.6 Å². The molecule has 0 saturated heterocycles. The molecule has 120 valence electrons. The Labute approximate surface area is 141 Å². The van der Waals surface area contributed by atoms with Crippen molar-refractivity contribution in [3.05, 3.63) is 63.7 Å². The van der Waals surface area contributed by atoms with E-state index in [9.17, 15) is 4.79 Å². The summed E-state index contributed by atoms with van der Waals surface area (Å²) in [6.07, 6.45) is 1.50. The maximum Gasteiger partial charge on any atom is 0.277 e. The van der Waals surface area contributed by atoms with Crippen LogP contribution in [0.5, 0.6) is 5.75 Å². The van der Waals surface area contributed by atoms with Crippen LogP contribution in [0.4, 0.5) is 0 Å². The number of halogens is 1. The van der Waals surface area contributed by atoms with E-state index >= 15 is 0 Å². The second-order valence-electron chi connectivity index (χ2n) is 5.26. The molecule has 0 saturated carbocycles. The van der Waals surface area contributed by atoms with Crippen molar-refractivity contribution >= 4 is 23.7 Å². The van der Waals surface area contributed by atoms with Crippen LogP contribution in [0, 0.1) is 20.8 Å². The minimum Gasteiger partial charge on any atom is -0.483 e. The summed E-state index contributed by atoms with van der Waals surface area (Å²) in [6.45, 7) is 5.85. The molecule has 0 heterocycles. The molecule has 0 aliphatic rings. The number of hydrogen-bond acceptors (Lipinski definition) is 3. The van der Waals surface area contributed by atoms with Gasteiger partial charge in [-0.25, -0.2) is 5.43 Å². The molecule has 0 atom stereocenters. The number of amides is 1. The third kappa shape index (κ3) is 4.57. The van der Waals surface area contributed by atoms with Crippen molar-refractivity contribution in [2.75, 3.05) is 6.61 Å². The van der Waals surface area contributed by atoms with Crippen LogP contribution in [0.3, 0.4) is 0 Å². The second kappa shape index (κ2) is 7.79. The number of hydrogen-bond donors (Lipinski definition) is 1. The van der Waals surface area contributed by atoms with Gasteiger partial charge >= 0.3 is 0 Å². The van der Waals surface area contributed by atoms with Crippen LogP contribution in [-0.2, 0) is 4.79 Å². The Morgan fingerprint density at radius 3 is 2.61 bits per heavy atom. The van der Waals surface area contributed by atoms with Crippen LogP contribution in [0.1, 0.15) is 22.3 Å². The van der Waals surface area contributed by atoms with Gasteiger partial charge in [-0.2, -0.15) is 5.10 Å². The molecule has 0 aliphatic heterocycles. The standard InChI is InChI=1S/C18H19ClN2O2/c1-12-8-9-13(2)18(14(12)3)23-11-17(22)21-20-10-15-6-4-5-7-16(15)19/h4-10H,11H2,1-3H3,(H,21,22)/b20-10+. The van der Waals surface area contributed by atoms with E-state index in [0.29, 0.717) is 5.02 Å². The number of ether oxygens (including phenoxy) is 1. The van der Waals surface area contributed by atoms with E-state index in [1.54, 1.807) is 6.07 Å². The van der Waals surface area contributed by atoms with E-state index in [2.05, 4.69) is 10.5 Å². The minimum absolute atomic E-state index is 0.0923. The summed E-state index contributed by atoms with van der Waals surface area (Å²) in [5.74, 6) is 0.420. The zero-order valence-electron chi connectivity index (χ0n) is 13.4. The van der Waals surface area contributed by atoms with Crippen molar-refractivity contribution in [3.8, 4) is 5.75 Å². The second-order valence-corrected chi connectivity index (χ2v) is 5.66. The van der Waals surface area contributed by atoms with Gasteiger partial charge in [-0.05, 0) is 43.5 Å². The third-order valence-corrected chi connectivity index (χ3v) is 3.86. The molecule has 0 aromatic heterocycles. The van der Waals surface area contributed by atoms with E-state index in [0.717, 1.165) is 28.0 Å². The van der Waals surface area contributed by atoms with Gasteiger partial charge < -0.3 is 4.74 Å². The van der Waals surface area contributed by atoms with Gasteiger partial charge in [0.2, 0.25) is 0 Å². The molecule has 5 heteroatoms. The van der Waals surface area contributed by atoms with Crippen LogP contribution < -0.4 is 10.2 Å². The average Bonchev–Trinajstić information content (AvgIpc) is 2.53. The maximum atomic E-state index is 11.8. The monoisotopic (exact) mass is 330 g/mol. The van der Waals surface area contributed by atoms with Crippen molar-refractivity contribution in [1.29, 1.82) is 0 Å². The smallest absolute Gasteiger partial charge is 0.277 e. The molecule has 23 heavy (non-hydrogen) atoms. The predicted octanol–water partition coefficient (Wildman–Crippen LogP) is 3.79. The van der Waals surface area contributed by atoms with Gasteiger partial charge in [-0.15, -0.1) is 0 Å². The molecule has 0 unspecified atom stereocenters. The zero-order chi connectivity index (χ0) is 16.8. The molecule has 2 aromatic carbocycles. The molecular weight excluding hydrogens is 312 g/mol. The Morgan fingerprint density at radius 2 is 1.87 bits per heavy atom. The molecule has 0 fully saturated rings. The van der Waals surface area contributed by atoms with Crippen LogP contribution >= 0.6 is 11.6 Å². The first-order valence-electron chi connectivity index (χ1n) is 7.25. The Kier molecular flexibility index (Phi) is 5.77. The quantitative estimate of drug-likeness (QED) is 0.669. The van der Waals surface area contributed by atoms with Crippen molar-refractivity contribution in [3.63, 3.8) is 0 Å². The molecule has 0 bridgehead atoms. The minimum atomic E-state index is -0.325. The van der Waals surface area contributed by atoms with E-state index < -0.39 is 0 Å². The van der Waals surface area contributed by atoms with Crippen LogP contribution in [0.15, 0.2) is 41.5 Å². The Balaban J connectivity index is 1.91. The molecule has 1 amide bonds. The average molecular weight is 331 g/mol. The van der Waals surface area contributed by atoms with Gasteiger partial charge in [-0.3, -0.25) is 4.79 Å². The third-order valence-electron chi connectivity index (χ3n) is 3.52. The normalized spacial score (nSPS) is 10.8. The van der Waals surface area contributed by atoms with Crippen molar-refractivity contribution in [2.24, 2.45) is 5.10 Å². The largest absolute Gasteiger partial charge is 0.483 e. The van der Waals surface area contributed by atoms with Gasteiger partial charge in [-0.1, -0.05) is 41.9 Å². The summed E-state index contributed by atoms with van der Waals surface area (Å²) >= 11 is 6.00. The first kappa shape index (κ1) is 17.0. The number of hydrazone groups is 1. The molecular formula is C18H19ClN2O2. The lowest BCUT2D eigenvalue weighted by Crippen LogP contribution is -2.25. The summed E-state index contributed by atoms with van der Waals surface area (Å²) in [5, 5.41) is 4.46. The van der Waals surface area contributed by atoms with Crippen LogP contribution in [0.2, 0.25) is 5.02 Å². The van der Waals surface area contributed by atoms with Gasteiger partial charge in [0.1, 0.15) is 5.75 Å². The molecule has 1 N–H and O–H groups in total. The molecule has 0 spiro atoms. The summed E-state index contributed by atoms with van der Waals surface area (Å²) in [4.78, 5) is 11.8. The van der Waals surface area contributed by atoms with Crippen LogP contribution in [-0.4, -0.2) is 18.7 Å². The summed E-state index contributed by atoms with van der Waals surface area (Å²) in [5.41, 5.74) is 6.33. The van der Waals surface area contributed by atoms with Gasteiger partial charge in [0.25, 0.3) is 5.91 Å². The van der Waals surface area contributed by atoms with Crippen molar-refractivity contribution in [1.82, 2.24) is 5.43 Å². The fourth-order valence-electron chi connectivity index (χ4n) is 2.07. The first-order chi connectivity index (χ1) is 11.0. The van der Waals surface area contributed by atoms with Crippen molar-refractivity contribution < 1.29 is 9.53 Å². The molecule has 2 rings (SSSR count). The lowest BCUT2D eigenvalue weighted by molar-refractivity contribution is -0.123. The topological polar surface area (TPSA) is 50.7 Å². The zero-order valence-corrected chi connectivity index (χ0v) is 14.1. The number of carbonyl (C=O) groups is 1.